The van der Waals surface area contributed by atoms with Crippen LogP contribution in [0.25, 0.3) is 0 Å². The van der Waals surface area contributed by atoms with E-state index in [0.29, 0.717) is 17.1 Å². The fourth-order valence-corrected chi connectivity index (χ4v) is 3.20. The van der Waals surface area contributed by atoms with E-state index in [0.717, 1.165) is 10.7 Å². The monoisotopic (exact) mass is 325 g/mol. The molecule has 2 rings (SSSR count). The number of hydrogen-bond donors (Lipinski definition) is 3. The van der Waals surface area contributed by atoms with Gasteiger partial charge in [-0.2, -0.15) is 0 Å². The van der Waals surface area contributed by atoms with E-state index in [2.05, 4.69) is 15.3 Å². The highest BCUT2D eigenvalue weighted by atomic mass is 32.2. The molecular formula is C13H15N3O3S2. The number of carbonyl (C=O) groups excluding carboxylic acids is 1. The first kappa shape index (κ1) is 15.6. The van der Waals surface area contributed by atoms with E-state index in [1.54, 1.807) is 24.3 Å². The molecule has 0 saturated carbocycles. The van der Waals surface area contributed by atoms with Crippen molar-refractivity contribution >= 4 is 40.7 Å². The Labute approximate surface area is 130 Å². The first-order valence-corrected chi connectivity index (χ1v) is 8.20. The minimum absolute atomic E-state index is 0.000904. The molecule has 0 aliphatic heterocycles. The van der Waals surface area contributed by atoms with Gasteiger partial charge in [0.25, 0.3) is 0 Å². The summed E-state index contributed by atoms with van der Waals surface area (Å²) in [5, 5.41) is 14.6. The molecule has 0 aromatic carbocycles. The number of aromatic nitrogens is 2. The Kier molecular flexibility index (Phi) is 5.03. The lowest BCUT2D eigenvalue weighted by molar-refractivity contribution is -0.113. The Hall–Kier alpha value is -1.80. The zero-order chi connectivity index (χ0) is 15.4. The molecule has 0 atom stereocenters. The number of thiazole rings is 1. The molecule has 0 fully saturated rings. The number of carboxylic acids is 1. The van der Waals surface area contributed by atoms with Crippen molar-refractivity contribution in [2.75, 3.05) is 11.1 Å². The van der Waals surface area contributed by atoms with Gasteiger partial charge in [0.2, 0.25) is 5.91 Å². The van der Waals surface area contributed by atoms with Gasteiger partial charge in [0.1, 0.15) is 5.69 Å². The van der Waals surface area contributed by atoms with Crippen LogP contribution >= 0.6 is 23.1 Å². The lowest BCUT2D eigenvalue weighted by Crippen LogP contribution is -2.16. The third-order valence-corrected chi connectivity index (χ3v) is 4.38. The van der Waals surface area contributed by atoms with Crippen molar-refractivity contribution in [1.29, 1.82) is 0 Å². The quantitative estimate of drug-likeness (QED) is 0.759. The number of aromatic carboxylic acids is 1. The Morgan fingerprint density at radius 3 is 2.86 bits per heavy atom. The number of carbonyl (C=O) groups is 2. The molecule has 0 unspecified atom stereocenters. The smallest absolute Gasteiger partial charge is 0.354 e. The number of hydrogen-bond acceptors (Lipinski definition) is 5. The summed E-state index contributed by atoms with van der Waals surface area (Å²) in [5.74, 6) is -0.410. The number of H-pyrrole nitrogens is 1. The van der Waals surface area contributed by atoms with Crippen LogP contribution in [0.4, 0.5) is 5.69 Å². The van der Waals surface area contributed by atoms with Crippen LogP contribution in [0.5, 0.6) is 0 Å². The van der Waals surface area contributed by atoms with Crippen LogP contribution in [-0.2, 0) is 10.5 Å². The molecule has 112 valence electrons. The van der Waals surface area contributed by atoms with Crippen molar-refractivity contribution in [1.82, 2.24) is 9.97 Å². The zero-order valence-electron chi connectivity index (χ0n) is 11.6. The van der Waals surface area contributed by atoms with Crippen molar-refractivity contribution in [3.05, 3.63) is 33.5 Å². The van der Waals surface area contributed by atoms with Crippen LogP contribution in [0.1, 0.15) is 26.9 Å². The average Bonchev–Trinajstić information content (AvgIpc) is 2.96. The van der Waals surface area contributed by atoms with E-state index in [4.69, 9.17) is 5.11 Å². The molecule has 6 nitrogen and oxygen atoms in total. The topological polar surface area (TPSA) is 95.1 Å². The third kappa shape index (κ3) is 4.33. The van der Waals surface area contributed by atoms with E-state index in [1.807, 2.05) is 12.3 Å². The molecule has 0 saturated heterocycles. The van der Waals surface area contributed by atoms with Crippen LogP contribution in [-0.4, -0.2) is 32.7 Å². The molecule has 2 heterocycles. The Morgan fingerprint density at radius 1 is 1.48 bits per heavy atom. The molecule has 0 aliphatic carbocycles. The van der Waals surface area contributed by atoms with Crippen LogP contribution < -0.4 is 5.32 Å². The molecule has 0 spiro atoms. The molecule has 0 bridgehead atoms. The maximum absolute atomic E-state index is 11.8. The van der Waals surface area contributed by atoms with Gasteiger partial charge in [0.05, 0.1) is 22.1 Å². The molecule has 2 aromatic heterocycles. The van der Waals surface area contributed by atoms with Gasteiger partial charge < -0.3 is 15.4 Å². The van der Waals surface area contributed by atoms with E-state index in [1.165, 1.54) is 11.8 Å². The van der Waals surface area contributed by atoms with E-state index in [-0.39, 0.29) is 17.4 Å². The van der Waals surface area contributed by atoms with Gasteiger partial charge in [-0.1, -0.05) is 0 Å². The Balaban J connectivity index is 1.86. The molecule has 21 heavy (non-hydrogen) atoms. The summed E-state index contributed by atoms with van der Waals surface area (Å²) in [7, 11) is 0. The van der Waals surface area contributed by atoms with Gasteiger partial charge in [0.15, 0.2) is 0 Å². The second-order valence-electron chi connectivity index (χ2n) is 4.45. The first-order valence-electron chi connectivity index (χ1n) is 6.17. The summed E-state index contributed by atoms with van der Waals surface area (Å²) >= 11 is 3.02. The first-order chi connectivity index (χ1) is 9.95. The number of anilines is 1. The number of thioether (sulfide) groups is 1. The van der Waals surface area contributed by atoms with Crippen LogP contribution in [0, 0.1) is 13.8 Å². The normalized spacial score (nSPS) is 10.6. The van der Waals surface area contributed by atoms with Crippen molar-refractivity contribution in [3.63, 3.8) is 0 Å². The van der Waals surface area contributed by atoms with Crippen molar-refractivity contribution < 1.29 is 14.7 Å². The minimum Gasteiger partial charge on any atom is -0.477 e. The van der Waals surface area contributed by atoms with Gasteiger partial charge in [-0.25, -0.2) is 9.78 Å². The maximum atomic E-state index is 11.8. The number of carboxylic acid groups (broad SMARTS) is 1. The summed E-state index contributed by atoms with van der Waals surface area (Å²) in [4.78, 5) is 29.9. The molecule has 0 aliphatic rings. The highest BCUT2D eigenvalue weighted by Gasteiger charge is 2.15. The number of rotatable bonds is 6. The summed E-state index contributed by atoms with van der Waals surface area (Å²) in [6.07, 6.45) is 0. The highest BCUT2D eigenvalue weighted by molar-refractivity contribution is 7.99. The second-order valence-corrected chi connectivity index (χ2v) is 6.49. The van der Waals surface area contributed by atoms with Crippen molar-refractivity contribution in [2.45, 2.75) is 19.6 Å². The number of aromatic amines is 1. The highest BCUT2D eigenvalue weighted by Crippen LogP contribution is 2.18. The lowest BCUT2D eigenvalue weighted by atomic mass is 10.3. The molecular weight excluding hydrogens is 310 g/mol. The molecule has 2 aromatic rings. The summed E-state index contributed by atoms with van der Waals surface area (Å²) in [6, 6.07) is 1.61. The van der Waals surface area contributed by atoms with Gasteiger partial charge in [-0.15, -0.1) is 23.1 Å². The average molecular weight is 325 g/mol. The SMILES string of the molecule is Cc1cc(NC(=O)CSCc2csc(C)n2)c(C(=O)O)[nH]1. The summed E-state index contributed by atoms with van der Waals surface area (Å²) in [5.41, 5.74) is 1.95. The second kappa shape index (κ2) is 6.77. The van der Waals surface area contributed by atoms with Gasteiger partial charge in [-0.3, -0.25) is 4.79 Å². The van der Waals surface area contributed by atoms with Crippen LogP contribution in [0.2, 0.25) is 0 Å². The number of aryl methyl sites for hydroxylation is 2. The van der Waals surface area contributed by atoms with Crippen molar-refractivity contribution in [2.24, 2.45) is 0 Å². The lowest BCUT2D eigenvalue weighted by Gasteiger charge is -2.03. The summed E-state index contributed by atoms with van der Waals surface area (Å²) in [6.45, 7) is 3.68. The molecule has 1 amide bonds. The molecule has 3 N–H and O–H groups in total. The number of nitrogens with one attached hydrogen (secondary N) is 2. The Morgan fingerprint density at radius 2 is 2.24 bits per heavy atom. The van der Waals surface area contributed by atoms with E-state index in [9.17, 15) is 9.59 Å². The van der Waals surface area contributed by atoms with E-state index < -0.39 is 5.97 Å². The maximum Gasteiger partial charge on any atom is 0.354 e. The molecule has 0 radical (unpaired) electrons. The zero-order valence-corrected chi connectivity index (χ0v) is 13.2. The van der Waals surface area contributed by atoms with Crippen LogP contribution in [0.15, 0.2) is 11.4 Å². The fourth-order valence-electron chi connectivity index (χ4n) is 1.77. The minimum atomic E-state index is -1.09. The van der Waals surface area contributed by atoms with Crippen molar-refractivity contribution in [3.8, 4) is 0 Å². The van der Waals surface area contributed by atoms with E-state index >= 15 is 0 Å². The van der Waals surface area contributed by atoms with Crippen LogP contribution in [0.3, 0.4) is 0 Å². The number of nitrogens with zero attached hydrogens (tertiary/aromatic N) is 1. The summed E-state index contributed by atoms with van der Waals surface area (Å²) < 4.78 is 0. The molecule has 8 heteroatoms. The fraction of sp³-hybridized carbons (Fsp3) is 0.308. The number of amides is 1. The predicted molar refractivity (Wildman–Crippen MR) is 84.1 cm³/mol. The standard InChI is InChI=1S/C13H15N3O3S2/c1-7-3-10(12(14-7)13(18)19)16-11(17)6-20-4-9-5-21-8(2)15-9/h3,5,14H,4,6H2,1-2H3,(H,16,17)(H,18,19). The largest absolute Gasteiger partial charge is 0.477 e. The van der Waals surface area contributed by atoms with Gasteiger partial charge in [0, 0.05) is 16.8 Å². The third-order valence-electron chi connectivity index (χ3n) is 2.59. The van der Waals surface area contributed by atoms with Gasteiger partial charge >= 0.3 is 5.97 Å². The Bertz CT molecular complexity index is 663. The van der Waals surface area contributed by atoms with Gasteiger partial charge in [-0.05, 0) is 19.9 Å². The predicted octanol–water partition coefficient (Wildman–Crippen LogP) is 2.66.